The maximum absolute atomic E-state index is 12.5. The fourth-order valence-electron chi connectivity index (χ4n) is 3.64. The molecule has 0 bridgehead atoms. The molecule has 0 aromatic heterocycles. The van der Waals surface area contributed by atoms with E-state index in [1.54, 1.807) is 12.1 Å². The Morgan fingerprint density at radius 1 is 1.08 bits per heavy atom. The molecule has 0 aliphatic heterocycles. The van der Waals surface area contributed by atoms with Crippen LogP contribution in [0.15, 0.2) is 60.2 Å². The average Bonchev–Trinajstić information content (AvgIpc) is 2.97. The van der Waals surface area contributed by atoms with Crippen molar-refractivity contribution < 1.29 is 9.72 Å². The van der Waals surface area contributed by atoms with E-state index in [-0.39, 0.29) is 17.0 Å². The molecule has 128 valence electrons. The van der Waals surface area contributed by atoms with E-state index < -0.39 is 13.0 Å². The van der Waals surface area contributed by atoms with Crippen LogP contribution in [0.25, 0.3) is 6.08 Å². The van der Waals surface area contributed by atoms with Crippen LogP contribution in [0.1, 0.15) is 18.4 Å². The van der Waals surface area contributed by atoms with Crippen LogP contribution < -0.4 is 5.19 Å². The van der Waals surface area contributed by atoms with E-state index in [9.17, 15) is 14.9 Å². The van der Waals surface area contributed by atoms with E-state index in [1.165, 1.54) is 17.3 Å². The van der Waals surface area contributed by atoms with Gasteiger partial charge in [0.2, 0.25) is 0 Å². The SMILES string of the molecule is C[Si](C)(c1ccccc1)C1CCC(=O)C1=Cc1ccc([N+](=O)[O-])cc1. The molecular weight excluding hydrogens is 330 g/mol. The number of hydrogen-bond donors (Lipinski definition) is 0. The second kappa shape index (κ2) is 6.76. The summed E-state index contributed by atoms with van der Waals surface area (Å²) in [6.07, 6.45) is 3.42. The first-order valence-corrected chi connectivity index (χ1v) is 11.5. The Labute approximate surface area is 148 Å². The number of nitro groups is 1. The van der Waals surface area contributed by atoms with Gasteiger partial charge in [0, 0.05) is 18.6 Å². The van der Waals surface area contributed by atoms with Gasteiger partial charge in [-0.05, 0) is 41.3 Å². The maximum Gasteiger partial charge on any atom is 0.269 e. The normalized spacial score (nSPS) is 19.4. The number of benzene rings is 2. The van der Waals surface area contributed by atoms with E-state index in [2.05, 4.69) is 37.4 Å². The molecule has 0 N–H and O–H groups in total. The van der Waals surface area contributed by atoms with Gasteiger partial charge in [-0.2, -0.15) is 0 Å². The van der Waals surface area contributed by atoms with Crippen molar-refractivity contribution in [1.82, 2.24) is 0 Å². The summed E-state index contributed by atoms with van der Waals surface area (Å²) in [6, 6.07) is 16.9. The maximum atomic E-state index is 12.5. The van der Waals surface area contributed by atoms with Crippen molar-refractivity contribution in [2.75, 3.05) is 0 Å². The van der Waals surface area contributed by atoms with E-state index in [1.807, 2.05) is 12.1 Å². The van der Waals surface area contributed by atoms with Crippen molar-refractivity contribution in [2.24, 2.45) is 0 Å². The molecule has 0 radical (unpaired) electrons. The lowest BCUT2D eigenvalue weighted by molar-refractivity contribution is -0.384. The minimum atomic E-state index is -1.83. The first kappa shape index (κ1) is 17.3. The summed E-state index contributed by atoms with van der Waals surface area (Å²) in [6.45, 7) is 4.63. The van der Waals surface area contributed by atoms with Crippen LogP contribution in [-0.4, -0.2) is 18.8 Å². The highest BCUT2D eigenvalue weighted by Crippen LogP contribution is 2.41. The van der Waals surface area contributed by atoms with Crippen LogP contribution in [-0.2, 0) is 4.79 Å². The predicted octanol–water partition coefficient (Wildman–Crippen LogP) is 4.33. The van der Waals surface area contributed by atoms with E-state index >= 15 is 0 Å². The molecule has 25 heavy (non-hydrogen) atoms. The fourth-order valence-corrected chi connectivity index (χ4v) is 6.98. The molecule has 5 heteroatoms. The molecule has 0 heterocycles. The molecule has 1 aliphatic carbocycles. The molecular formula is C20H21NO3Si. The van der Waals surface area contributed by atoms with Gasteiger partial charge in [-0.25, -0.2) is 0 Å². The highest BCUT2D eigenvalue weighted by Gasteiger charge is 2.41. The fraction of sp³-hybridized carbons (Fsp3) is 0.250. The minimum absolute atomic E-state index is 0.0652. The molecule has 0 saturated heterocycles. The standard InChI is InChI=1S/C20H21NO3Si/c1-25(2,17-6-4-3-5-7-17)20-13-12-19(22)18(20)14-15-8-10-16(11-9-15)21(23)24/h3-11,14,20H,12-13H2,1-2H3. The Balaban J connectivity index is 1.95. The van der Waals surface area contributed by atoms with Gasteiger partial charge in [0.05, 0.1) is 13.0 Å². The van der Waals surface area contributed by atoms with Crippen LogP contribution in [0, 0.1) is 10.1 Å². The number of allylic oxidation sites excluding steroid dienone is 1. The molecule has 2 aromatic rings. The lowest BCUT2D eigenvalue weighted by Crippen LogP contribution is -2.45. The lowest BCUT2D eigenvalue weighted by Gasteiger charge is -2.30. The Hall–Kier alpha value is -2.53. The van der Waals surface area contributed by atoms with Crippen molar-refractivity contribution in [1.29, 1.82) is 0 Å². The van der Waals surface area contributed by atoms with E-state index in [4.69, 9.17) is 0 Å². The Morgan fingerprint density at radius 3 is 2.32 bits per heavy atom. The predicted molar refractivity (Wildman–Crippen MR) is 103 cm³/mol. The summed E-state index contributed by atoms with van der Waals surface area (Å²) in [7, 11) is -1.83. The van der Waals surface area contributed by atoms with Crippen LogP contribution in [0.4, 0.5) is 5.69 Å². The van der Waals surface area contributed by atoms with Crippen LogP contribution in [0.5, 0.6) is 0 Å². The zero-order chi connectivity index (χ0) is 18.0. The zero-order valence-electron chi connectivity index (χ0n) is 14.4. The van der Waals surface area contributed by atoms with Crippen molar-refractivity contribution in [3.63, 3.8) is 0 Å². The van der Waals surface area contributed by atoms with Crippen molar-refractivity contribution in [3.05, 3.63) is 75.8 Å². The smallest absolute Gasteiger partial charge is 0.269 e. The highest BCUT2D eigenvalue weighted by atomic mass is 28.3. The molecule has 1 unspecified atom stereocenters. The molecule has 1 aliphatic rings. The topological polar surface area (TPSA) is 60.2 Å². The van der Waals surface area contributed by atoms with Gasteiger partial charge < -0.3 is 0 Å². The molecule has 0 spiro atoms. The van der Waals surface area contributed by atoms with Crippen LogP contribution >= 0.6 is 0 Å². The summed E-state index contributed by atoms with van der Waals surface area (Å²) in [5.41, 5.74) is 2.07. The minimum Gasteiger partial charge on any atom is -0.295 e. The van der Waals surface area contributed by atoms with E-state index in [0.717, 1.165) is 17.6 Å². The van der Waals surface area contributed by atoms with Gasteiger partial charge in [0.25, 0.3) is 5.69 Å². The average molecular weight is 351 g/mol. The first-order valence-electron chi connectivity index (χ1n) is 8.44. The quantitative estimate of drug-likeness (QED) is 0.356. The summed E-state index contributed by atoms with van der Waals surface area (Å²) < 4.78 is 0. The molecule has 1 atom stereocenters. The second-order valence-corrected chi connectivity index (χ2v) is 11.8. The second-order valence-electron chi connectivity index (χ2n) is 7.05. The number of nitrogens with zero attached hydrogens (tertiary/aromatic N) is 1. The number of rotatable bonds is 4. The lowest BCUT2D eigenvalue weighted by atomic mass is 10.1. The Morgan fingerprint density at radius 2 is 1.72 bits per heavy atom. The van der Waals surface area contributed by atoms with Gasteiger partial charge in [-0.15, -0.1) is 0 Å². The monoisotopic (exact) mass is 351 g/mol. The third-order valence-corrected chi connectivity index (χ3v) is 9.34. The molecule has 1 fully saturated rings. The molecule has 4 nitrogen and oxygen atoms in total. The number of carbonyl (C=O) groups excluding carboxylic acids is 1. The van der Waals surface area contributed by atoms with Gasteiger partial charge in [0.1, 0.15) is 0 Å². The number of nitro benzene ring substituents is 1. The molecule has 3 rings (SSSR count). The Bertz CT molecular complexity index is 826. The van der Waals surface area contributed by atoms with Crippen molar-refractivity contribution >= 4 is 30.8 Å². The van der Waals surface area contributed by atoms with Gasteiger partial charge >= 0.3 is 0 Å². The third kappa shape index (κ3) is 3.46. The van der Waals surface area contributed by atoms with Crippen LogP contribution in [0.3, 0.4) is 0 Å². The number of hydrogen-bond acceptors (Lipinski definition) is 3. The zero-order valence-corrected chi connectivity index (χ0v) is 15.4. The summed E-state index contributed by atoms with van der Waals surface area (Å²) >= 11 is 0. The Kier molecular flexibility index (Phi) is 4.68. The molecule has 1 saturated carbocycles. The molecule has 0 amide bonds. The number of non-ortho nitro benzene ring substituents is 1. The third-order valence-electron chi connectivity index (χ3n) is 5.17. The number of Topliss-reactive ketones (excluding diaryl/α,β-unsaturated/α-hetero) is 1. The summed E-state index contributed by atoms with van der Waals surface area (Å²) in [5, 5.41) is 12.1. The summed E-state index contributed by atoms with van der Waals surface area (Å²) in [5.74, 6) is 0.208. The highest BCUT2D eigenvalue weighted by molar-refractivity contribution is 6.92. The molecule has 2 aromatic carbocycles. The van der Waals surface area contributed by atoms with Crippen LogP contribution in [0.2, 0.25) is 18.6 Å². The van der Waals surface area contributed by atoms with E-state index in [0.29, 0.717) is 6.42 Å². The van der Waals surface area contributed by atoms with Gasteiger partial charge in [0.15, 0.2) is 5.78 Å². The van der Waals surface area contributed by atoms with Gasteiger partial charge in [-0.3, -0.25) is 14.9 Å². The first-order chi connectivity index (χ1) is 11.9. The van der Waals surface area contributed by atoms with Crippen molar-refractivity contribution in [2.45, 2.75) is 31.5 Å². The van der Waals surface area contributed by atoms with Gasteiger partial charge in [-0.1, -0.05) is 48.6 Å². The summed E-state index contributed by atoms with van der Waals surface area (Å²) in [4.78, 5) is 22.9. The largest absolute Gasteiger partial charge is 0.295 e. The number of ketones is 1. The number of carbonyl (C=O) groups is 1. The van der Waals surface area contributed by atoms with Crippen molar-refractivity contribution in [3.8, 4) is 0 Å².